The molecule has 0 fully saturated rings. The van der Waals surface area contributed by atoms with E-state index in [0.29, 0.717) is 27.6 Å². The maximum atomic E-state index is 14.0. The van der Waals surface area contributed by atoms with Crippen LogP contribution in [-0.4, -0.2) is 11.5 Å². The van der Waals surface area contributed by atoms with E-state index < -0.39 is 0 Å². The minimum absolute atomic E-state index is 0.302. The Bertz CT molecular complexity index is 831. The molecule has 0 aliphatic rings. The van der Waals surface area contributed by atoms with Crippen molar-refractivity contribution in [2.75, 3.05) is 11.4 Å². The van der Waals surface area contributed by atoms with Gasteiger partial charge in [0, 0.05) is 40.4 Å². The third-order valence-corrected chi connectivity index (χ3v) is 4.39. The molecule has 0 spiro atoms. The Labute approximate surface area is 148 Å². The van der Waals surface area contributed by atoms with Crippen LogP contribution in [0.3, 0.4) is 0 Å². The predicted molar refractivity (Wildman–Crippen MR) is 98.5 cm³/mol. The fourth-order valence-electron chi connectivity index (χ4n) is 2.50. The van der Waals surface area contributed by atoms with Crippen molar-refractivity contribution in [3.63, 3.8) is 0 Å². The molecule has 0 radical (unpaired) electrons. The number of nitrogens with zero attached hydrogens (tertiary/aromatic N) is 2. The van der Waals surface area contributed by atoms with Gasteiger partial charge >= 0.3 is 6.01 Å². The Morgan fingerprint density at radius 2 is 1.83 bits per heavy atom. The van der Waals surface area contributed by atoms with Gasteiger partial charge in [0.1, 0.15) is 11.5 Å². The molecular weight excluding hydrogens is 406 g/mol. The Morgan fingerprint density at radius 1 is 1.13 bits per heavy atom. The first-order chi connectivity index (χ1) is 11.1. The zero-order chi connectivity index (χ0) is 16.4. The second kappa shape index (κ2) is 6.70. The average molecular weight is 422 g/mol. The summed E-state index contributed by atoms with van der Waals surface area (Å²) in [6.45, 7) is 4.79. The van der Waals surface area contributed by atoms with Crippen LogP contribution in [0.1, 0.15) is 12.5 Å². The predicted octanol–water partition coefficient (Wildman–Crippen LogP) is 5.55. The Morgan fingerprint density at radius 3 is 2.52 bits per heavy atom. The Kier molecular flexibility index (Phi) is 4.66. The van der Waals surface area contributed by atoms with Crippen LogP contribution in [0.2, 0.25) is 0 Å². The third-order valence-electron chi connectivity index (χ3n) is 3.66. The minimum atomic E-state index is -0.302. The summed E-state index contributed by atoms with van der Waals surface area (Å²) in [4.78, 5) is 6.53. The van der Waals surface area contributed by atoms with Gasteiger partial charge in [-0.15, -0.1) is 0 Å². The Balaban J connectivity index is 2.06. The van der Waals surface area contributed by atoms with E-state index >= 15 is 0 Å². The highest BCUT2D eigenvalue weighted by atomic mass is 127. The topological polar surface area (TPSA) is 29.3 Å². The second-order valence-corrected chi connectivity index (χ2v) is 6.11. The van der Waals surface area contributed by atoms with Crippen molar-refractivity contribution in [2.45, 2.75) is 13.8 Å². The molecule has 3 rings (SSSR count). The summed E-state index contributed by atoms with van der Waals surface area (Å²) >= 11 is 2.06. The smallest absolute Gasteiger partial charge is 0.303 e. The first-order valence-corrected chi connectivity index (χ1v) is 8.44. The highest BCUT2D eigenvalue weighted by Crippen LogP contribution is 2.34. The average Bonchev–Trinajstić information content (AvgIpc) is 2.92. The lowest BCUT2D eigenvalue weighted by atomic mass is 10.1. The number of benzene rings is 2. The number of hydrogen-bond acceptors (Lipinski definition) is 3. The molecule has 0 atom stereocenters. The zero-order valence-electron chi connectivity index (χ0n) is 12.9. The highest BCUT2D eigenvalue weighted by Gasteiger charge is 2.21. The van der Waals surface area contributed by atoms with Gasteiger partial charge in [0.2, 0.25) is 0 Å². The van der Waals surface area contributed by atoms with E-state index in [1.54, 1.807) is 18.2 Å². The number of anilines is 2. The summed E-state index contributed by atoms with van der Waals surface area (Å²) in [6.07, 6.45) is 0. The molecule has 2 aromatic carbocycles. The van der Waals surface area contributed by atoms with Crippen LogP contribution in [-0.2, 0) is 0 Å². The van der Waals surface area contributed by atoms with Gasteiger partial charge < -0.3 is 4.42 Å². The lowest BCUT2D eigenvalue weighted by molar-refractivity contribution is 0.530. The van der Waals surface area contributed by atoms with Crippen LogP contribution in [0.15, 0.2) is 52.9 Å². The van der Waals surface area contributed by atoms with Gasteiger partial charge in [-0.05, 0) is 37.6 Å². The molecule has 118 valence electrons. The van der Waals surface area contributed by atoms with Crippen molar-refractivity contribution in [1.82, 2.24) is 4.98 Å². The molecule has 3 nitrogen and oxygen atoms in total. The van der Waals surface area contributed by atoms with E-state index in [9.17, 15) is 4.39 Å². The summed E-state index contributed by atoms with van der Waals surface area (Å²) in [7, 11) is 0. The molecule has 5 heteroatoms. The fourth-order valence-corrected chi connectivity index (χ4v) is 3.11. The summed E-state index contributed by atoms with van der Waals surface area (Å²) in [5, 5.41) is 0. The number of rotatable bonds is 4. The van der Waals surface area contributed by atoms with Crippen molar-refractivity contribution >= 4 is 34.3 Å². The summed E-state index contributed by atoms with van der Waals surface area (Å²) < 4.78 is 20.4. The summed E-state index contributed by atoms with van der Waals surface area (Å²) in [6, 6.07) is 15.1. The number of oxazole rings is 1. The molecule has 0 aliphatic carbocycles. The molecule has 3 aromatic rings. The number of aromatic nitrogens is 1. The third kappa shape index (κ3) is 3.10. The lowest BCUT2D eigenvalue weighted by Crippen LogP contribution is -2.17. The zero-order valence-corrected chi connectivity index (χ0v) is 15.0. The van der Waals surface area contributed by atoms with Crippen LogP contribution < -0.4 is 4.90 Å². The van der Waals surface area contributed by atoms with Crippen LogP contribution in [0, 0.1) is 16.5 Å². The van der Waals surface area contributed by atoms with E-state index in [0.717, 1.165) is 11.3 Å². The molecule has 0 N–H and O–H groups in total. The lowest BCUT2D eigenvalue weighted by Gasteiger charge is -2.20. The maximum absolute atomic E-state index is 14.0. The van der Waals surface area contributed by atoms with Crippen LogP contribution >= 0.6 is 22.6 Å². The molecule has 0 bridgehead atoms. The van der Waals surface area contributed by atoms with E-state index in [1.165, 1.54) is 6.07 Å². The van der Waals surface area contributed by atoms with Crippen molar-refractivity contribution in [3.8, 4) is 11.3 Å². The Hall–Kier alpha value is -1.89. The van der Waals surface area contributed by atoms with Gasteiger partial charge in [-0.2, -0.15) is 4.98 Å². The van der Waals surface area contributed by atoms with Gasteiger partial charge in [0.25, 0.3) is 0 Å². The molecule has 23 heavy (non-hydrogen) atoms. The molecule has 0 saturated heterocycles. The molecule has 0 aliphatic heterocycles. The quantitative estimate of drug-likeness (QED) is 0.517. The van der Waals surface area contributed by atoms with E-state index in [1.807, 2.05) is 43.0 Å². The van der Waals surface area contributed by atoms with E-state index in [-0.39, 0.29) is 5.82 Å². The SMILES string of the molecule is CCN(c1nc(-c2ccccc2F)c(I)o1)c1ccccc1C. The van der Waals surface area contributed by atoms with Gasteiger partial charge in [0.05, 0.1) is 0 Å². The van der Waals surface area contributed by atoms with Crippen molar-refractivity contribution in [1.29, 1.82) is 0 Å². The van der Waals surface area contributed by atoms with Gasteiger partial charge in [-0.3, -0.25) is 4.90 Å². The minimum Gasteiger partial charge on any atom is -0.417 e. The summed E-state index contributed by atoms with van der Waals surface area (Å²) in [5.41, 5.74) is 3.15. The molecule has 0 saturated carbocycles. The van der Waals surface area contributed by atoms with Gasteiger partial charge in [-0.1, -0.05) is 30.3 Å². The standard InChI is InChI=1S/C18H16FIN2O/c1-3-22(15-11-7-4-8-12(15)2)18-21-16(17(20)23-18)13-9-5-6-10-14(13)19/h4-11H,3H2,1-2H3. The molecule has 0 amide bonds. The van der Waals surface area contributed by atoms with Gasteiger partial charge in [0.15, 0.2) is 3.77 Å². The first-order valence-electron chi connectivity index (χ1n) is 7.36. The molecular formula is C18H16FIN2O. The fraction of sp³-hybridized carbons (Fsp3) is 0.167. The molecule has 0 unspecified atom stereocenters. The normalized spacial score (nSPS) is 10.8. The number of aryl methyl sites for hydroxylation is 1. The van der Waals surface area contributed by atoms with Crippen LogP contribution in [0.25, 0.3) is 11.3 Å². The second-order valence-electron chi connectivity index (χ2n) is 5.13. The van der Waals surface area contributed by atoms with Crippen LogP contribution in [0.4, 0.5) is 16.1 Å². The highest BCUT2D eigenvalue weighted by molar-refractivity contribution is 14.1. The van der Waals surface area contributed by atoms with E-state index in [4.69, 9.17) is 4.42 Å². The monoisotopic (exact) mass is 422 g/mol. The van der Waals surface area contributed by atoms with Crippen molar-refractivity contribution in [2.24, 2.45) is 0 Å². The van der Waals surface area contributed by atoms with Crippen molar-refractivity contribution in [3.05, 3.63) is 63.7 Å². The summed E-state index contributed by atoms with van der Waals surface area (Å²) in [5.74, 6) is -0.302. The first kappa shape index (κ1) is 16.0. The van der Waals surface area contributed by atoms with Crippen LogP contribution in [0.5, 0.6) is 0 Å². The van der Waals surface area contributed by atoms with Crippen molar-refractivity contribution < 1.29 is 8.81 Å². The van der Waals surface area contributed by atoms with E-state index in [2.05, 4.69) is 27.6 Å². The maximum Gasteiger partial charge on any atom is 0.303 e. The number of halogens is 2. The molecule has 1 aromatic heterocycles. The largest absolute Gasteiger partial charge is 0.417 e. The number of hydrogen-bond donors (Lipinski definition) is 0. The van der Waals surface area contributed by atoms with Gasteiger partial charge in [-0.25, -0.2) is 4.39 Å². The number of para-hydroxylation sites is 1. The molecule has 1 heterocycles.